The van der Waals surface area contributed by atoms with Crippen LogP contribution in [0, 0.1) is 0 Å². The number of hydrogen-bond acceptors (Lipinski definition) is 5. The molecule has 2 rings (SSSR count). The number of methoxy groups -OCH3 is 1. The molecule has 0 unspecified atom stereocenters. The molecule has 6 heteroatoms. The van der Waals surface area contributed by atoms with E-state index in [0.29, 0.717) is 22.4 Å². The normalized spacial score (nSPS) is 10.3. The number of rotatable bonds is 9. The Morgan fingerprint density at radius 3 is 2.37 bits per heavy atom. The Morgan fingerprint density at radius 1 is 0.963 bits per heavy atom. The maximum Gasteiger partial charge on any atom is 0.343 e. The van der Waals surface area contributed by atoms with E-state index in [2.05, 4.69) is 22.9 Å². The molecule has 0 bridgehead atoms. The predicted octanol–water partition coefficient (Wildman–Crippen LogP) is 5.41. The maximum absolute atomic E-state index is 12.4. The fourth-order valence-corrected chi connectivity index (χ4v) is 2.79. The first-order valence-corrected chi connectivity index (χ1v) is 9.67. The number of ether oxygens (including phenoxy) is 3. The number of hydrogen-bond donors (Lipinski definition) is 0. The molecule has 0 heterocycles. The third kappa shape index (κ3) is 6.40. The van der Waals surface area contributed by atoms with Crippen LogP contribution in [0.2, 0.25) is 0 Å². The average molecular weight is 435 g/mol. The van der Waals surface area contributed by atoms with Gasteiger partial charge in [-0.2, -0.15) is 0 Å². The highest BCUT2D eigenvalue weighted by Gasteiger charge is 2.17. The number of benzene rings is 2. The van der Waals surface area contributed by atoms with E-state index in [1.165, 1.54) is 20.0 Å². The van der Waals surface area contributed by atoms with Gasteiger partial charge >= 0.3 is 11.9 Å². The highest BCUT2D eigenvalue weighted by molar-refractivity contribution is 9.10. The van der Waals surface area contributed by atoms with Crippen molar-refractivity contribution in [3.63, 3.8) is 0 Å². The van der Waals surface area contributed by atoms with Gasteiger partial charge in [-0.15, -0.1) is 0 Å². The topological polar surface area (TPSA) is 61.8 Å². The van der Waals surface area contributed by atoms with Crippen molar-refractivity contribution in [3.8, 4) is 11.5 Å². The number of halogens is 1. The van der Waals surface area contributed by atoms with Crippen molar-refractivity contribution in [3.05, 3.63) is 58.1 Å². The Balaban J connectivity index is 1.99. The minimum absolute atomic E-state index is 0.145. The van der Waals surface area contributed by atoms with Crippen LogP contribution in [-0.4, -0.2) is 25.7 Å². The van der Waals surface area contributed by atoms with Gasteiger partial charge in [-0.3, -0.25) is 0 Å². The number of esters is 2. The van der Waals surface area contributed by atoms with E-state index in [1.54, 1.807) is 42.5 Å². The third-order valence-corrected chi connectivity index (χ3v) is 4.40. The van der Waals surface area contributed by atoms with E-state index in [9.17, 15) is 9.59 Å². The van der Waals surface area contributed by atoms with Gasteiger partial charge in [0.05, 0.1) is 19.3 Å². The van der Waals surface area contributed by atoms with Gasteiger partial charge in [0.1, 0.15) is 17.1 Å². The number of carbonyl (C=O) groups excluding carboxylic acids is 2. The standard InChI is InChI=1S/C21H23BrO5/c1-3-4-5-6-13-26-17-10-7-15(8-11-17)20(23)27-19-12-9-16(22)14-18(19)21(24)25-2/h7-12,14H,3-6,13H2,1-2H3. The van der Waals surface area contributed by atoms with Crippen molar-refractivity contribution >= 4 is 27.9 Å². The smallest absolute Gasteiger partial charge is 0.343 e. The second-order valence-corrected chi connectivity index (χ2v) is 6.87. The van der Waals surface area contributed by atoms with E-state index in [1.807, 2.05) is 0 Å². The molecule has 2 aromatic rings. The molecule has 0 aromatic heterocycles. The van der Waals surface area contributed by atoms with Gasteiger partial charge in [-0.1, -0.05) is 42.1 Å². The summed E-state index contributed by atoms with van der Waals surface area (Å²) in [6.07, 6.45) is 4.55. The molecule has 0 fully saturated rings. The van der Waals surface area contributed by atoms with E-state index in [4.69, 9.17) is 14.2 Å². The largest absolute Gasteiger partial charge is 0.494 e. The Morgan fingerprint density at radius 2 is 1.70 bits per heavy atom. The first-order valence-electron chi connectivity index (χ1n) is 8.88. The minimum Gasteiger partial charge on any atom is -0.494 e. The highest BCUT2D eigenvalue weighted by atomic mass is 79.9. The second-order valence-electron chi connectivity index (χ2n) is 5.96. The predicted molar refractivity (Wildman–Crippen MR) is 107 cm³/mol. The molecule has 0 amide bonds. The summed E-state index contributed by atoms with van der Waals surface area (Å²) in [5, 5.41) is 0. The lowest BCUT2D eigenvalue weighted by Crippen LogP contribution is -2.12. The monoisotopic (exact) mass is 434 g/mol. The molecule has 0 N–H and O–H groups in total. The second kappa shape index (κ2) is 10.7. The van der Waals surface area contributed by atoms with Crippen molar-refractivity contribution in [1.29, 1.82) is 0 Å². The van der Waals surface area contributed by atoms with Crippen LogP contribution in [-0.2, 0) is 4.74 Å². The number of unbranched alkanes of at least 4 members (excludes halogenated alkanes) is 3. The lowest BCUT2D eigenvalue weighted by atomic mass is 10.2. The molecule has 0 radical (unpaired) electrons. The Labute approximate surface area is 167 Å². The summed E-state index contributed by atoms with van der Waals surface area (Å²) in [7, 11) is 1.27. The SMILES string of the molecule is CCCCCCOc1ccc(C(=O)Oc2ccc(Br)cc2C(=O)OC)cc1. The van der Waals surface area contributed by atoms with Crippen LogP contribution in [0.4, 0.5) is 0 Å². The average Bonchev–Trinajstić information content (AvgIpc) is 2.69. The van der Waals surface area contributed by atoms with Crippen LogP contribution in [0.5, 0.6) is 11.5 Å². The van der Waals surface area contributed by atoms with Crippen LogP contribution in [0.1, 0.15) is 53.3 Å². The molecular formula is C21H23BrO5. The lowest BCUT2D eigenvalue weighted by molar-refractivity contribution is 0.0593. The van der Waals surface area contributed by atoms with E-state index in [-0.39, 0.29) is 11.3 Å². The van der Waals surface area contributed by atoms with Crippen LogP contribution in [0.15, 0.2) is 46.9 Å². The van der Waals surface area contributed by atoms with Crippen LogP contribution >= 0.6 is 15.9 Å². The molecule has 5 nitrogen and oxygen atoms in total. The van der Waals surface area contributed by atoms with E-state index in [0.717, 1.165) is 12.8 Å². The van der Waals surface area contributed by atoms with Gasteiger partial charge < -0.3 is 14.2 Å². The zero-order valence-electron chi connectivity index (χ0n) is 15.5. The van der Waals surface area contributed by atoms with Crippen LogP contribution in [0.3, 0.4) is 0 Å². The summed E-state index contributed by atoms with van der Waals surface area (Å²) in [6, 6.07) is 11.5. The Bertz CT molecular complexity index is 771. The van der Waals surface area contributed by atoms with Crippen LogP contribution < -0.4 is 9.47 Å². The quantitative estimate of drug-likeness (QED) is 0.299. The molecule has 2 aromatic carbocycles. The molecule has 0 saturated carbocycles. The van der Waals surface area contributed by atoms with Gasteiger partial charge in [0, 0.05) is 4.47 Å². The van der Waals surface area contributed by atoms with Crippen molar-refractivity contribution < 1.29 is 23.8 Å². The fourth-order valence-electron chi connectivity index (χ4n) is 2.43. The molecule has 0 aliphatic carbocycles. The molecule has 27 heavy (non-hydrogen) atoms. The maximum atomic E-state index is 12.4. The van der Waals surface area contributed by atoms with Gasteiger partial charge in [0.25, 0.3) is 0 Å². The van der Waals surface area contributed by atoms with Crippen LogP contribution in [0.25, 0.3) is 0 Å². The van der Waals surface area contributed by atoms with Crippen molar-refractivity contribution in [2.45, 2.75) is 32.6 Å². The molecule has 0 aliphatic heterocycles. The Hall–Kier alpha value is -2.34. The third-order valence-electron chi connectivity index (χ3n) is 3.91. The molecule has 0 spiro atoms. The first kappa shape index (κ1) is 21.0. The first-order chi connectivity index (χ1) is 13.0. The molecule has 0 saturated heterocycles. The summed E-state index contributed by atoms with van der Waals surface area (Å²) < 4.78 is 16.5. The number of carbonyl (C=O) groups is 2. The zero-order valence-corrected chi connectivity index (χ0v) is 17.1. The summed E-state index contributed by atoms with van der Waals surface area (Å²) >= 11 is 3.29. The van der Waals surface area contributed by atoms with Crippen molar-refractivity contribution in [2.75, 3.05) is 13.7 Å². The molecule has 0 atom stereocenters. The minimum atomic E-state index is -0.578. The van der Waals surface area contributed by atoms with Gasteiger partial charge in [-0.05, 0) is 48.9 Å². The van der Waals surface area contributed by atoms with Gasteiger partial charge in [0.2, 0.25) is 0 Å². The summed E-state index contributed by atoms with van der Waals surface area (Å²) in [5.41, 5.74) is 0.541. The van der Waals surface area contributed by atoms with Crippen molar-refractivity contribution in [1.82, 2.24) is 0 Å². The van der Waals surface area contributed by atoms with E-state index < -0.39 is 11.9 Å². The molecule has 0 aliphatic rings. The molecule has 144 valence electrons. The molecular weight excluding hydrogens is 412 g/mol. The summed E-state index contributed by atoms with van der Waals surface area (Å²) in [4.78, 5) is 24.2. The van der Waals surface area contributed by atoms with Crippen molar-refractivity contribution in [2.24, 2.45) is 0 Å². The highest BCUT2D eigenvalue weighted by Crippen LogP contribution is 2.25. The zero-order chi connectivity index (χ0) is 19.6. The van der Waals surface area contributed by atoms with E-state index >= 15 is 0 Å². The Kier molecular flexibility index (Phi) is 8.33. The summed E-state index contributed by atoms with van der Waals surface area (Å²) in [5.74, 6) is -0.281. The van der Waals surface area contributed by atoms with Gasteiger partial charge in [0.15, 0.2) is 0 Å². The lowest BCUT2D eigenvalue weighted by Gasteiger charge is -2.10. The summed E-state index contributed by atoms with van der Waals surface area (Å²) in [6.45, 7) is 2.83. The van der Waals surface area contributed by atoms with Gasteiger partial charge in [-0.25, -0.2) is 9.59 Å². The fraction of sp³-hybridized carbons (Fsp3) is 0.333.